The zero-order chi connectivity index (χ0) is 28.1. The molecule has 0 saturated heterocycles. The number of nitrogens with zero attached hydrogens (tertiary/aromatic N) is 1. The molecular weight excluding hydrogens is 492 g/mol. The second-order valence-corrected chi connectivity index (χ2v) is 13.6. The number of nitrogens with one attached hydrogen (secondary N) is 1. The SMILES string of the molecule is CC(C)(CCCCc1cccc(S(=O)(=O)Nc2ccc(C(=O)O)cn2)c1)CC(C)(C)C(=O)OC(C)(C)C. The van der Waals surface area contributed by atoms with E-state index in [2.05, 4.69) is 23.6 Å². The number of carboxylic acid groups (broad SMARTS) is 1. The van der Waals surface area contributed by atoms with Gasteiger partial charge in [-0.15, -0.1) is 0 Å². The number of unbranched alkanes of at least 4 members (excludes halogenated alkanes) is 1. The molecule has 0 aliphatic heterocycles. The molecule has 0 radical (unpaired) electrons. The highest BCUT2D eigenvalue weighted by Gasteiger charge is 2.37. The molecule has 0 unspecified atom stereocenters. The number of carboxylic acids is 1. The summed E-state index contributed by atoms with van der Waals surface area (Å²) in [6, 6.07) is 9.37. The van der Waals surface area contributed by atoms with Gasteiger partial charge in [-0.2, -0.15) is 0 Å². The highest BCUT2D eigenvalue weighted by molar-refractivity contribution is 7.92. The Morgan fingerprint density at radius 2 is 1.68 bits per heavy atom. The Balaban J connectivity index is 1.93. The van der Waals surface area contributed by atoms with Crippen LogP contribution >= 0.6 is 0 Å². The molecule has 1 heterocycles. The maximum absolute atomic E-state index is 12.8. The van der Waals surface area contributed by atoms with Crippen molar-refractivity contribution in [1.82, 2.24) is 4.98 Å². The number of carbonyl (C=O) groups is 2. The average molecular weight is 533 g/mol. The van der Waals surface area contributed by atoms with Crippen molar-refractivity contribution in [3.05, 3.63) is 53.7 Å². The first-order valence-corrected chi connectivity index (χ1v) is 13.9. The number of esters is 1. The van der Waals surface area contributed by atoms with Gasteiger partial charge in [-0.05, 0) is 95.5 Å². The zero-order valence-electron chi connectivity index (χ0n) is 22.9. The highest BCUT2D eigenvalue weighted by Crippen LogP contribution is 2.39. The summed E-state index contributed by atoms with van der Waals surface area (Å²) in [5.74, 6) is -1.27. The van der Waals surface area contributed by atoms with Crippen LogP contribution in [0.1, 0.15) is 90.1 Å². The van der Waals surface area contributed by atoms with Crippen LogP contribution < -0.4 is 4.72 Å². The van der Waals surface area contributed by atoms with Crippen molar-refractivity contribution in [2.75, 3.05) is 4.72 Å². The smallest absolute Gasteiger partial charge is 0.337 e. The Labute approximate surface area is 220 Å². The number of sulfonamides is 1. The molecule has 0 fully saturated rings. The van der Waals surface area contributed by atoms with Crippen LogP contribution in [0.2, 0.25) is 0 Å². The molecule has 0 saturated carbocycles. The lowest BCUT2D eigenvalue weighted by Gasteiger charge is -2.35. The quantitative estimate of drug-likeness (QED) is 0.251. The third-order valence-corrected chi connectivity index (χ3v) is 7.25. The summed E-state index contributed by atoms with van der Waals surface area (Å²) in [4.78, 5) is 27.6. The number of carbonyl (C=O) groups excluding carboxylic acids is 1. The van der Waals surface area contributed by atoms with Crippen LogP contribution in [0.15, 0.2) is 47.5 Å². The van der Waals surface area contributed by atoms with Gasteiger partial charge < -0.3 is 9.84 Å². The number of aromatic nitrogens is 1. The minimum absolute atomic E-state index is 0.0264. The monoisotopic (exact) mass is 532 g/mol. The Hall–Kier alpha value is -2.94. The second kappa shape index (κ2) is 11.6. The van der Waals surface area contributed by atoms with Gasteiger partial charge in [-0.3, -0.25) is 9.52 Å². The summed E-state index contributed by atoms with van der Waals surface area (Å²) in [5, 5.41) is 8.96. The fourth-order valence-corrected chi connectivity index (χ4v) is 5.43. The summed E-state index contributed by atoms with van der Waals surface area (Å²) < 4.78 is 33.6. The van der Waals surface area contributed by atoms with E-state index in [0.717, 1.165) is 37.4 Å². The van der Waals surface area contributed by atoms with E-state index >= 15 is 0 Å². The molecule has 0 amide bonds. The van der Waals surface area contributed by atoms with Gasteiger partial charge in [0.2, 0.25) is 0 Å². The summed E-state index contributed by atoms with van der Waals surface area (Å²) in [6.07, 6.45) is 5.28. The van der Waals surface area contributed by atoms with Crippen LogP contribution in [0.3, 0.4) is 0 Å². The van der Waals surface area contributed by atoms with E-state index in [0.29, 0.717) is 6.42 Å². The number of rotatable bonds is 12. The first-order chi connectivity index (χ1) is 16.9. The topological polar surface area (TPSA) is 123 Å². The minimum Gasteiger partial charge on any atom is -0.478 e. The lowest BCUT2D eigenvalue weighted by Crippen LogP contribution is -2.36. The molecule has 0 aliphatic rings. The fourth-order valence-electron chi connectivity index (χ4n) is 4.35. The van der Waals surface area contributed by atoms with Crippen LogP contribution in [0, 0.1) is 10.8 Å². The molecule has 2 aromatic rings. The number of pyridine rings is 1. The van der Waals surface area contributed by atoms with Gasteiger partial charge >= 0.3 is 11.9 Å². The third-order valence-electron chi connectivity index (χ3n) is 5.90. The summed E-state index contributed by atoms with van der Waals surface area (Å²) in [7, 11) is -3.87. The van der Waals surface area contributed by atoms with Crippen molar-refractivity contribution >= 4 is 27.8 Å². The molecule has 9 heteroatoms. The molecule has 2 rings (SSSR count). The number of aryl methyl sites for hydroxylation is 1. The van der Waals surface area contributed by atoms with Gasteiger partial charge in [0.1, 0.15) is 11.4 Å². The molecule has 37 heavy (non-hydrogen) atoms. The Bertz CT molecular complexity index is 1200. The molecule has 0 spiro atoms. The fraction of sp³-hybridized carbons (Fsp3) is 0.536. The molecule has 2 N–H and O–H groups in total. The van der Waals surface area contributed by atoms with Crippen molar-refractivity contribution in [1.29, 1.82) is 0 Å². The number of hydrogen-bond acceptors (Lipinski definition) is 6. The highest BCUT2D eigenvalue weighted by atomic mass is 32.2. The molecule has 0 atom stereocenters. The van der Waals surface area contributed by atoms with Crippen molar-refractivity contribution in [2.45, 2.75) is 91.1 Å². The van der Waals surface area contributed by atoms with E-state index in [4.69, 9.17) is 9.84 Å². The normalized spacial score (nSPS) is 12.7. The van der Waals surface area contributed by atoms with Gasteiger partial charge in [-0.25, -0.2) is 18.2 Å². The molecule has 8 nitrogen and oxygen atoms in total. The number of anilines is 1. The second-order valence-electron chi connectivity index (χ2n) is 11.9. The predicted molar refractivity (Wildman–Crippen MR) is 144 cm³/mol. The predicted octanol–water partition coefficient (Wildman–Crippen LogP) is 6.08. The molecule has 1 aromatic heterocycles. The minimum atomic E-state index is -3.87. The summed E-state index contributed by atoms with van der Waals surface area (Å²) >= 11 is 0. The maximum Gasteiger partial charge on any atom is 0.337 e. The van der Waals surface area contributed by atoms with Crippen LogP contribution in [0.25, 0.3) is 0 Å². The summed E-state index contributed by atoms with van der Waals surface area (Å²) in [6.45, 7) is 13.8. The van der Waals surface area contributed by atoms with E-state index in [1.165, 1.54) is 18.2 Å². The van der Waals surface area contributed by atoms with Crippen LogP contribution in [0.4, 0.5) is 5.82 Å². The van der Waals surface area contributed by atoms with Gasteiger partial charge in [0.05, 0.1) is 15.9 Å². The van der Waals surface area contributed by atoms with Crippen molar-refractivity contribution in [2.24, 2.45) is 10.8 Å². The molecule has 0 aliphatic carbocycles. The number of aromatic carboxylic acids is 1. The molecule has 0 bridgehead atoms. The Morgan fingerprint density at radius 1 is 1.00 bits per heavy atom. The van der Waals surface area contributed by atoms with E-state index in [1.54, 1.807) is 12.1 Å². The number of ether oxygens (including phenoxy) is 1. The number of benzene rings is 1. The van der Waals surface area contributed by atoms with Gasteiger partial charge in [0.15, 0.2) is 0 Å². The Morgan fingerprint density at radius 3 is 2.24 bits per heavy atom. The van der Waals surface area contributed by atoms with Gasteiger partial charge in [0.25, 0.3) is 10.0 Å². The van der Waals surface area contributed by atoms with Crippen molar-refractivity contribution in [3.63, 3.8) is 0 Å². The van der Waals surface area contributed by atoms with Crippen LogP contribution in [0.5, 0.6) is 0 Å². The Kier molecular flexibility index (Phi) is 9.52. The molecular formula is C28H40N2O6S. The van der Waals surface area contributed by atoms with E-state index in [9.17, 15) is 18.0 Å². The van der Waals surface area contributed by atoms with Crippen molar-refractivity contribution in [3.8, 4) is 0 Å². The first-order valence-electron chi connectivity index (χ1n) is 12.4. The van der Waals surface area contributed by atoms with E-state index in [-0.39, 0.29) is 27.7 Å². The van der Waals surface area contributed by atoms with Crippen LogP contribution in [-0.4, -0.2) is 36.0 Å². The van der Waals surface area contributed by atoms with Crippen molar-refractivity contribution < 1.29 is 27.9 Å². The van der Waals surface area contributed by atoms with E-state index < -0.39 is 27.0 Å². The molecule has 204 valence electrons. The average Bonchev–Trinajstić information content (AvgIpc) is 2.75. The lowest BCUT2D eigenvalue weighted by atomic mass is 9.72. The van der Waals surface area contributed by atoms with E-state index in [1.807, 2.05) is 40.7 Å². The maximum atomic E-state index is 12.8. The zero-order valence-corrected chi connectivity index (χ0v) is 23.7. The number of hydrogen-bond donors (Lipinski definition) is 2. The van der Waals surface area contributed by atoms with Crippen LogP contribution in [-0.2, 0) is 26.0 Å². The van der Waals surface area contributed by atoms with Gasteiger partial charge in [-0.1, -0.05) is 32.4 Å². The lowest BCUT2D eigenvalue weighted by molar-refractivity contribution is -0.167. The van der Waals surface area contributed by atoms with Gasteiger partial charge in [0, 0.05) is 6.20 Å². The molecule has 1 aromatic carbocycles. The first kappa shape index (κ1) is 30.3. The standard InChI is InChI=1S/C28H40N2O6S/c1-26(2,3)36-25(33)28(6,7)19-27(4,5)16-9-8-11-20-12-10-13-22(17-20)37(34,35)30-23-15-14-21(18-29-23)24(31)32/h10,12-15,17-18H,8-9,11,16,19H2,1-7H3,(H,29,30)(H,31,32). The third kappa shape index (κ3) is 9.80. The largest absolute Gasteiger partial charge is 0.478 e. The summed E-state index contributed by atoms with van der Waals surface area (Å²) in [5.41, 5.74) is -0.281.